The van der Waals surface area contributed by atoms with Crippen LogP contribution in [-0.4, -0.2) is 18.1 Å². The van der Waals surface area contributed by atoms with Gasteiger partial charge in [-0.3, -0.25) is 4.98 Å². The molecule has 0 saturated carbocycles. The van der Waals surface area contributed by atoms with Gasteiger partial charge in [0.2, 0.25) is 0 Å². The van der Waals surface area contributed by atoms with Gasteiger partial charge in [-0.15, -0.1) is 0 Å². The topological polar surface area (TPSA) is 24.9 Å². The molecular formula is C17H24N2. The van der Waals surface area contributed by atoms with Crippen molar-refractivity contribution < 1.29 is 0 Å². The Labute approximate surface area is 116 Å². The number of fused-ring (bicyclic) bond motifs is 1. The van der Waals surface area contributed by atoms with Gasteiger partial charge >= 0.3 is 0 Å². The van der Waals surface area contributed by atoms with E-state index in [9.17, 15) is 0 Å². The molecule has 0 aliphatic rings. The van der Waals surface area contributed by atoms with Crippen LogP contribution in [0.3, 0.4) is 0 Å². The summed E-state index contributed by atoms with van der Waals surface area (Å²) in [6, 6.07) is 11.5. The highest BCUT2D eigenvalue weighted by Gasteiger charge is 2.05. The lowest BCUT2D eigenvalue weighted by atomic mass is 10.0. The van der Waals surface area contributed by atoms with Crippen LogP contribution in [0, 0.1) is 6.92 Å². The number of rotatable bonds is 6. The van der Waals surface area contributed by atoms with Gasteiger partial charge in [0.05, 0.1) is 5.52 Å². The van der Waals surface area contributed by atoms with Crippen LogP contribution in [0.5, 0.6) is 0 Å². The molecule has 2 nitrogen and oxygen atoms in total. The maximum Gasteiger partial charge on any atom is 0.0705 e. The smallest absolute Gasteiger partial charge is 0.0705 e. The predicted octanol–water partition coefficient (Wildman–Crippen LogP) is 3.86. The predicted molar refractivity (Wildman–Crippen MR) is 82.6 cm³/mol. The van der Waals surface area contributed by atoms with E-state index in [1.165, 1.54) is 30.2 Å². The largest absolute Gasteiger partial charge is 0.317 e. The van der Waals surface area contributed by atoms with Crippen molar-refractivity contribution >= 4 is 10.9 Å². The second kappa shape index (κ2) is 6.67. The fourth-order valence-electron chi connectivity index (χ4n) is 2.55. The van der Waals surface area contributed by atoms with Gasteiger partial charge in [0, 0.05) is 17.1 Å². The monoisotopic (exact) mass is 256 g/mol. The van der Waals surface area contributed by atoms with E-state index in [0.717, 1.165) is 17.6 Å². The van der Waals surface area contributed by atoms with E-state index in [0.29, 0.717) is 6.04 Å². The molecular weight excluding hydrogens is 232 g/mol. The van der Waals surface area contributed by atoms with E-state index >= 15 is 0 Å². The summed E-state index contributed by atoms with van der Waals surface area (Å²) in [5, 5.41) is 4.66. The van der Waals surface area contributed by atoms with Crippen molar-refractivity contribution in [3.05, 3.63) is 41.6 Å². The molecule has 0 aliphatic carbocycles. The molecule has 0 spiro atoms. The Morgan fingerprint density at radius 3 is 2.74 bits per heavy atom. The first-order valence-electron chi connectivity index (χ1n) is 7.26. The fourth-order valence-corrected chi connectivity index (χ4v) is 2.55. The molecule has 2 heteroatoms. The van der Waals surface area contributed by atoms with Crippen LogP contribution < -0.4 is 5.32 Å². The molecule has 0 fully saturated rings. The molecule has 1 aromatic carbocycles. The van der Waals surface area contributed by atoms with Gasteiger partial charge in [0.15, 0.2) is 0 Å². The van der Waals surface area contributed by atoms with Crippen molar-refractivity contribution in [2.45, 2.75) is 45.6 Å². The molecule has 1 unspecified atom stereocenters. The minimum atomic E-state index is 0.636. The molecule has 0 bridgehead atoms. The first-order chi connectivity index (χ1) is 9.22. The van der Waals surface area contributed by atoms with Crippen molar-refractivity contribution in [2.75, 3.05) is 7.05 Å². The highest BCUT2D eigenvalue weighted by molar-refractivity contribution is 5.79. The van der Waals surface area contributed by atoms with Gasteiger partial charge in [-0.1, -0.05) is 25.5 Å². The minimum Gasteiger partial charge on any atom is -0.317 e. The number of hydrogen-bond donors (Lipinski definition) is 1. The lowest BCUT2D eigenvalue weighted by molar-refractivity contribution is 0.484. The maximum atomic E-state index is 4.55. The third-order valence-electron chi connectivity index (χ3n) is 3.72. The third-order valence-corrected chi connectivity index (χ3v) is 3.72. The van der Waals surface area contributed by atoms with Gasteiger partial charge in [-0.05, 0) is 57.0 Å². The van der Waals surface area contributed by atoms with Crippen LogP contribution in [0.25, 0.3) is 10.9 Å². The summed E-state index contributed by atoms with van der Waals surface area (Å²) < 4.78 is 0. The van der Waals surface area contributed by atoms with Gasteiger partial charge < -0.3 is 5.32 Å². The molecule has 2 rings (SSSR count). The van der Waals surface area contributed by atoms with Crippen molar-refractivity contribution in [2.24, 2.45) is 0 Å². The van der Waals surface area contributed by atoms with Crippen LogP contribution in [0.15, 0.2) is 30.3 Å². The van der Waals surface area contributed by atoms with Crippen molar-refractivity contribution in [3.8, 4) is 0 Å². The van der Waals surface area contributed by atoms with E-state index < -0.39 is 0 Å². The Kier molecular flexibility index (Phi) is 4.92. The van der Waals surface area contributed by atoms with Crippen LogP contribution in [0.2, 0.25) is 0 Å². The molecule has 102 valence electrons. The van der Waals surface area contributed by atoms with E-state index in [1.54, 1.807) is 0 Å². The molecule has 1 atom stereocenters. The Balaban J connectivity index is 2.07. The highest BCUT2D eigenvalue weighted by atomic mass is 14.9. The molecule has 1 N–H and O–H groups in total. The molecule has 0 radical (unpaired) electrons. The van der Waals surface area contributed by atoms with Crippen molar-refractivity contribution in [1.82, 2.24) is 10.3 Å². The summed E-state index contributed by atoms with van der Waals surface area (Å²) in [6.45, 7) is 4.28. The molecule has 0 aliphatic heterocycles. The average molecular weight is 256 g/mol. The second-order valence-corrected chi connectivity index (χ2v) is 5.29. The van der Waals surface area contributed by atoms with E-state index in [2.05, 4.69) is 54.6 Å². The second-order valence-electron chi connectivity index (χ2n) is 5.29. The molecule has 0 saturated heterocycles. The standard InChI is InChI=1S/C17H24N2/c1-4-5-16(18-3)10-7-14-8-11-17-15(12-14)9-6-13(2)19-17/h6,8-9,11-12,16,18H,4-5,7,10H2,1-3H3. The molecule has 0 amide bonds. The Morgan fingerprint density at radius 1 is 1.16 bits per heavy atom. The number of hydrogen-bond acceptors (Lipinski definition) is 2. The summed E-state index contributed by atoms with van der Waals surface area (Å²) in [6.07, 6.45) is 4.84. The fraction of sp³-hybridized carbons (Fsp3) is 0.471. The van der Waals surface area contributed by atoms with Crippen LogP contribution in [0.1, 0.15) is 37.4 Å². The number of nitrogens with zero attached hydrogens (tertiary/aromatic N) is 1. The maximum absolute atomic E-state index is 4.55. The highest BCUT2D eigenvalue weighted by Crippen LogP contribution is 2.17. The van der Waals surface area contributed by atoms with Gasteiger partial charge in [-0.2, -0.15) is 0 Å². The number of nitrogens with one attached hydrogen (secondary N) is 1. The first kappa shape index (κ1) is 14.0. The van der Waals surface area contributed by atoms with Crippen LogP contribution in [-0.2, 0) is 6.42 Å². The third kappa shape index (κ3) is 3.77. The first-order valence-corrected chi connectivity index (χ1v) is 7.26. The zero-order chi connectivity index (χ0) is 13.7. The lowest BCUT2D eigenvalue weighted by Gasteiger charge is -2.15. The summed E-state index contributed by atoms with van der Waals surface area (Å²) in [4.78, 5) is 4.55. The van der Waals surface area contributed by atoms with E-state index in [4.69, 9.17) is 0 Å². The molecule has 19 heavy (non-hydrogen) atoms. The van der Waals surface area contributed by atoms with Gasteiger partial charge in [0.25, 0.3) is 0 Å². The van der Waals surface area contributed by atoms with Crippen LogP contribution in [0.4, 0.5) is 0 Å². The SMILES string of the molecule is CCCC(CCc1ccc2nc(C)ccc2c1)NC. The molecule has 1 aromatic heterocycles. The van der Waals surface area contributed by atoms with Crippen molar-refractivity contribution in [1.29, 1.82) is 0 Å². The molecule has 1 heterocycles. The van der Waals surface area contributed by atoms with Crippen LogP contribution >= 0.6 is 0 Å². The normalized spacial score (nSPS) is 12.8. The van der Waals surface area contributed by atoms with E-state index in [1.807, 2.05) is 6.92 Å². The zero-order valence-corrected chi connectivity index (χ0v) is 12.2. The average Bonchev–Trinajstić information content (AvgIpc) is 2.43. The number of aromatic nitrogens is 1. The number of benzene rings is 1. The van der Waals surface area contributed by atoms with Gasteiger partial charge in [0.1, 0.15) is 0 Å². The summed E-state index contributed by atoms with van der Waals surface area (Å²) in [7, 11) is 2.06. The lowest BCUT2D eigenvalue weighted by Crippen LogP contribution is -2.25. The summed E-state index contributed by atoms with van der Waals surface area (Å²) in [5.74, 6) is 0. The minimum absolute atomic E-state index is 0.636. The zero-order valence-electron chi connectivity index (χ0n) is 12.2. The van der Waals surface area contributed by atoms with Gasteiger partial charge in [-0.25, -0.2) is 0 Å². The Bertz CT molecular complexity index is 534. The summed E-state index contributed by atoms with van der Waals surface area (Å²) in [5.41, 5.74) is 3.59. The Hall–Kier alpha value is -1.41. The molecule has 2 aromatic rings. The van der Waals surface area contributed by atoms with Crippen molar-refractivity contribution in [3.63, 3.8) is 0 Å². The number of aryl methyl sites for hydroxylation is 2. The van der Waals surface area contributed by atoms with E-state index in [-0.39, 0.29) is 0 Å². The summed E-state index contributed by atoms with van der Waals surface area (Å²) >= 11 is 0. The Morgan fingerprint density at radius 2 is 2.00 bits per heavy atom. The quantitative estimate of drug-likeness (QED) is 0.849. The number of pyridine rings is 1.